The number of fused-ring (bicyclic) bond motifs is 1. The molecule has 0 aliphatic heterocycles. The highest BCUT2D eigenvalue weighted by atomic mass is 16.4. The molecule has 1 N–H and O–H groups in total. The summed E-state index contributed by atoms with van der Waals surface area (Å²) in [7, 11) is 0. The molecule has 0 aliphatic carbocycles. The van der Waals surface area contributed by atoms with Crippen LogP contribution in [0.2, 0.25) is 0 Å². The molecule has 0 fully saturated rings. The normalized spacial score (nSPS) is 10.8. The Hall–Kier alpha value is -2.69. The first kappa shape index (κ1) is 12.3. The summed E-state index contributed by atoms with van der Waals surface area (Å²) < 4.78 is 1.56. The molecule has 0 amide bonds. The van der Waals surface area contributed by atoms with Gasteiger partial charge in [-0.15, -0.1) is 0 Å². The van der Waals surface area contributed by atoms with Gasteiger partial charge < -0.3 is 5.11 Å². The molecule has 100 valence electrons. The van der Waals surface area contributed by atoms with Gasteiger partial charge in [0.1, 0.15) is 5.56 Å². The molecule has 0 radical (unpaired) electrons. The van der Waals surface area contributed by atoms with E-state index in [2.05, 4.69) is 29.1 Å². The van der Waals surface area contributed by atoms with Crippen LogP contribution in [0.3, 0.4) is 0 Å². The van der Waals surface area contributed by atoms with Crippen molar-refractivity contribution < 1.29 is 9.90 Å². The summed E-state index contributed by atoms with van der Waals surface area (Å²) in [5.41, 5.74) is 3.53. The van der Waals surface area contributed by atoms with Gasteiger partial charge in [-0.2, -0.15) is 5.10 Å². The maximum absolute atomic E-state index is 11.1. The predicted octanol–water partition coefficient (Wildman–Crippen LogP) is 2.66. The van der Waals surface area contributed by atoms with Crippen molar-refractivity contribution in [1.82, 2.24) is 14.6 Å². The number of carboxylic acids is 1. The Morgan fingerprint density at radius 2 is 2.00 bits per heavy atom. The van der Waals surface area contributed by atoms with E-state index >= 15 is 0 Å². The van der Waals surface area contributed by atoms with Crippen molar-refractivity contribution in [1.29, 1.82) is 0 Å². The van der Waals surface area contributed by atoms with Gasteiger partial charge in [0.25, 0.3) is 0 Å². The molecule has 0 saturated heterocycles. The number of benzene rings is 1. The second kappa shape index (κ2) is 4.77. The molecule has 3 aromatic rings. The van der Waals surface area contributed by atoms with Gasteiger partial charge in [0.05, 0.1) is 11.9 Å². The highest BCUT2D eigenvalue weighted by molar-refractivity contribution is 5.94. The lowest BCUT2D eigenvalue weighted by molar-refractivity contribution is 0.0699. The second-order valence-electron chi connectivity index (χ2n) is 4.48. The molecular formula is C15H13N3O2. The zero-order chi connectivity index (χ0) is 14.1. The summed E-state index contributed by atoms with van der Waals surface area (Å²) in [5.74, 6) is -1.02. The first-order valence-electron chi connectivity index (χ1n) is 6.36. The van der Waals surface area contributed by atoms with E-state index in [0.717, 1.165) is 17.7 Å². The van der Waals surface area contributed by atoms with Gasteiger partial charge in [0.2, 0.25) is 0 Å². The highest BCUT2D eigenvalue weighted by Gasteiger charge is 2.14. The van der Waals surface area contributed by atoms with Crippen LogP contribution < -0.4 is 0 Å². The summed E-state index contributed by atoms with van der Waals surface area (Å²) in [6.07, 6.45) is 3.91. The van der Waals surface area contributed by atoms with E-state index in [1.165, 1.54) is 11.8 Å². The van der Waals surface area contributed by atoms with Crippen molar-refractivity contribution in [3.05, 3.63) is 53.9 Å². The van der Waals surface area contributed by atoms with Crippen molar-refractivity contribution in [2.75, 3.05) is 0 Å². The lowest BCUT2D eigenvalue weighted by atomic mass is 10.1. The zero-order valence-corrected chi connectivity index (χ0v) is 10.9. The zero-order valence-electron chi connectivity index (χ0n) is 10.9. The quantitative estimate of drug-likeness (QED) is 0.792. The molecule has 20 heavy (non-hydrogen) atoms. The summed E-state index contributed by atoms with van der Waals surface area (Å²) in [6.45, 7) is 2.10. The van der Waals surface area contributed by atoms with E-state index in [-0.39, 0.29) is 5.56 Å². The third-order valence-corrected chi connectivity index (χ3v) is 3.29. The van der Waals surface area contributed by atoms with Gasteiger partial charge in [0, 0.05) is 11.8 Å². The Kier molecular flexibility index (Phi) is 2.95. The Bertz CT molecular complexity index is 775. The summed E-state index contributed by atoms with van der Waals surface area (Å²) in [4.78, 5) is 15.2. The third kappa shape index (κ3) is 1.93. The molecule has 0 atom stereocenters. The summed E-state index contributed by atoms with van der Waals surface area (Å²) in [6, 6.07) is 9.96. The maximum atomic E-state index is 11.1. The summed E-state index contributed by atoms with van der Waals surface area (Å²) >= 11 is 0. The van der Waals surface area contributed by atoms with Gasteiger partial charge in [-0.3, -0.25) is 0 Å². The Morgan fingerprint density at radius 1 is 1.25 bits per heavy atom. The number of aromatic nitrogens is 3. The van der Waals surface area contributed by atoms with E-state index in [1.54, 1.807) is 10.7 Å². The average Bonchev–Trinajstić information content (AvgIpc) is 2.91. The lowest BCUT2D eigenvalue weighted by Crippen LogP contribution is -1.99. The predicted molar refractivity (Wildman–Crippen MR) is 74.8 cm³/mol. The Labute approximate surface area is 115 Å². The van der Waals surface area contributed by atoms with Gasteiger partial charge in [-0.05, 0) is 18.1 Å². The Morgan fingerprint density at radius 3 is 2.65 bits per heavy atom. The van der Waals surface area contributed by atoms with Crippen LogP contribution in [0.4, 0.5) is 0 Å². The van der Waals surface area contributed by atoms with Gasteiger partial charge >= 0.3 is 5.97 Å². The minimum absolute atomic E-state index is 0.108. The molecule has 2 aromatic heterocycles. The number of hydrogen-bond acceptors (Lipinski definition) is 3. The molecule has 0 spiro atoms. The largest absolute Gasteiger partial charge is 0.477 e. The highest BCUT2D eigenvalue weighted by Crippen LogP contribution is 2.21. The van der Waals surface area contributed by atoms with Crippen molar-refractivity contribution in [2.24, 2.45) is 0 Å². The van der Waals surface area contributed by atoms with Gasteiger partial charge in [-0.25, -0.2) is 14.3 Å². The van der Waals surface area contributed by atoms with Crippen molar-refractivity contribution in [2.45, 2.75) is 13.3 Å². The van der Waals surface area contributed by atoms with Gasteiger partial charge in [0.15, 0.2) is 5.65 Å². The fourth-order valence-corrected chi connectivity index (χ4v) is 2.17. The fraction of sp³-hybridized carbons (Fsp3) is 0.133. The molecule has 5 heteroatoms. The third-order valence-electron chi connectivity index (χ3n) is 3.29. The molecule has 2 heterocycles. The topological polar surface area (TPSA) is 67.5 Å². The van der Waals surface area contributed by atoms with E-state index in [0.29, 0.717) is 5.65 Å². The smallest absolute Gasteiger partial charge is 0.341 e. The minimum Gasteiger partial charge on any atom is -0.477 e. The second-order valence-corrected chi connectivity index (χ2v) is 4.48. The van der Waals surface area contributed by atoms with Crippen molar-refractivity contribution in [3.63, 3.8) is 0 Å². The van der Waals surface area contributed by atoms with E-state index < -0.39 is 5.97 Å². The molecule has 0 saturated carbocycles. The standard InChI is InChI=1S/C15H13N3O2/c1-2-10-3-5-11(6-4-10)13-7-8-16-14-12(15(19)20)9-17-18(13)14/h3-9H,2H2,1H3,(H,19,20). The number of hydrogen-bond donors (Lipinski definition) is 1. The van der Waals surface area contributed by atoms with Crippen LogP contribution in [0.15, 0.2) is 42.7 Å². The maximum Gasteiger partial charge on any atom is 0.341 e. The van der Waals surface area contributed by atoms with Crippen LogP contribution in [-0.4, -0.2) is 25.7 Å². The molecule has 0 bridgehead atoms. The average molecular weight is 267 g/mol. The van der Waals surface area contributed by atoms with Crippen molar-refractivity contribution >= 4 is 11.6 Å². The number of carbonyl (C=O) groups is 1. The van der Waals surface area contributed by atoms with Crippen molar-refractivity contribution in [3.8, 4) is 11.3 Å². The van der Waals surface area contributed by atoms with Gasteiger partial charge in [-0.1, -0.05) is 31.2 Å². The lowest BCUT2D eigenvalue weighted by Gasteiger charge is -2.05. The Balaban J connectivity index is 2.18. The summed E-state index contributed by atoms with van der Waals surface area (Å²) in [5, 5.41) is 13.2. The van der Waals surface area contributed by atoms with Crippen LogP contribution in [0.5, 0.6) is 0 Å². The number of aryl methyl sites for hydroxylation is 1. The van der Waals surface area contributed by atoms with E-state index in [9.17, 15) is 4.79 Å². The number of nitrogens with zero attached hydrogens (tertiary/aromatic N) is 3. The SMILES string of the molecule is CCc1ccc(-c2ccnc3c(C(=O)O)cnn23)cc1. The van der Waals surface area contributed by atoms with Crippen LogP contribution in [0.1, 0.15) is 22.8 Å². The molecule has 1 aromatic carbocycles. The molecule has 0 aliphatic rings. The first-order valence-corrected chi connectivity index (χ1v) is 6.36. The fourth-order valence-electron chi connectivity index (χ4n) is 2.17. The van der Waals surface area contributed by atoms with Crippen LogP contribution >= 0.6 is 0 Å². The molecule has 0 unspecified atom stereocenters. The van der Waals surface area contributed by atoms with Crippen LogP contribution in [-0.2, 0) is 6.42 Å². The number of rotatable bonds is 3. The van der Waals surface area contributed by atoms with Crippen LogP contribution in [0, 0.1) is 0 Å². The number of carboxylic acid groups (broad SMARTS) is 1. The molecular weight excluding hydrogens is 254 g/mol. The molecule has 3 rings (SSSR count). The monoisotopic (exact) mass is 267 g/mol. The number of aromatic carboxylic acids is 1. The van der Waals surface area contributed by atoms with E-state index in [1.807, 2.05) is 18.2 Å². The first-order chi connectivity index (χ1) is 9.70. The van der Waals surface area contributed by atoms with Crippen LogP contribution in [0.25, 0.3) is 16.9 Å². The van der Waals surface area contributed by atoms with E-state index in [4.69, 9.17) is 5.11 Å². The molecule has 5 nitrogen and oxygen atoms in total. The minimum atomic E-state index is -1.02.